The second-order valence-electron chi connectivity index (χ2n) is 4.48. The molecule has 0 saturated heterocycles. The second kappa shape index (κ2) is 6.33. The smallest absolute Gasteiger partial charge is 0.256 e. The quantitative estimate of drug-likeness (QED) is 0.854. The Kier molecular flexibility index (Phi) is 4.51. The minimum atomic E-state index is -0.244. The van der Waals surface area contributed by atoms with Crippen molar-refractivity contribution >= 4 is 24.2 Å². The van der Waals surface area contributed by atoms with E-state index in [9.17, 15) is 4.79 Å². The Morgan fingerprint density at radius 1 is 1.29 bits per heavy atom. The van der Waals surface area contributed by atoms with Crippen LogP contribution in [-0.4, -0.2) is 13.0 Å². The normalized spacial score (nSPS) is 9.81. The molecule has 2 aromatic rings. The Morgan fingerprint density at radius 2 is 2.05 bits per heavy atom. The summed E-state index contributed by atoms with van der Waals surface area (Å²) in [7, 11) is 1.49. The van der Waals surface area contributed by atoms with Crippen LogP contribution in [0.1, 0.15) is 21.5 Å². The van der Waals surface area contributed by atoms with Crippen LogP contribution in [0, 0.1) is 18.3 Å². The number of ether oxygens (including phenoxy) is 1. The van der Waals surface area contributed by atoms with Gasteiger partial charge in [0.15, 0.2) is 0 Å². The number of methoxy groups -OCH3 is 1. The van der Waals surface area contributed by atoms with E-state index in [0.29, 0.717) is 22.6 Å². The molecule has 0 radical (unpaired) electrons. The van der Waals surface area contributed by atoms with Crippen LogP contribution in [0.5, 0.6) is 5.75 Å². The van der Waals surface area contributed by atoms with Gasteiger partial charge in [-0.15, -0.1) is 12.6 Å². The summed E-state index contributed by atoms with van der Waals surface area (Å²) in [5.74, 6) is 0.202. The highest BCUT2D eigenvalue weighted by molar-refractivity contribution is 7.80. The van der Waals surface area contributed by atoms with Crippen molar-refractivity contribution in [1.29, 1.82) is 5.26 Å². The molecule has 106 valence electrons. The van der Waals surface area contributed by atoms with Gasteiger partial charge in [0.2, 0.25) is 0 Å². The lowest BCUT2D eigenvalue weighted by atomic mass is 10.1. The minimum absolute atomic E-state index is 0.244. The molecule has 5 heteroatoms. The van der Waals surface area contributed by atoms with Gasteiger partial charge in [-0.05, 0) is 36.8 Å². The second-order valence-corrected chi connectivity index (χ2v) is 5.00. The van der Waals surface area contributed by atoms with E-state index >= 15 is 0 Å². The first-order valence-corrected chi connectivity index (χ1v) is 6.69. The van der Waals surface area contributed by atoms with Gasteiger partial charge in [0.1, 0.15) is 5.75 Å². The number of benzene rings is 2. The fourth-order valence-corrected chi connectivity index (χ4v) is 2.11. The number of anilines is 1. The number of amides is 1. The number of rotatable bonds is 3. The van der Waals surface area contributed by atoms with E-state index in [0.717, 1.165) is 10.5 Å². The number of nitrogens with zero attached hydrogens (tertiary/aromatic N) is 1. The van der Waals surface area contributed by atoms with Crippen molar-refractivity contribution in [2.45, 2.75) is 11.8 Å². The van der Waals surface area contributed by atoms with Crippen LogP contribution >= 0.6 is 12.6 Å². The van der Waals surface area contributed by atoms with Gasteiger partial charge in [-0.25, -0.2) is 0 Å². The summed E-state index contributed by atoms with van der Waals surface area (Å²) < 4.78 is 5.20. The van der Waals surface area contributed by atoms with Crippen molar-refractivity contribution in [2.24, 2.45) is 0 Å². The molecular formula is C16H14N2O2S. The molecule has 2 rings (SSSR count). The zero-order valence-corrected chi connectivity index (χ0v) is 12.6. The van der Waals surface area contributed by atoms with E-state index in [1.54, 1.807) is 24.3 Å². The van der Waals surface area contributed by atoms with Crippen LogP contribution in [0.3, 0.4) is 0 Å². The highest BCUT2D eigenvalue weighted by atomic mass is 32.1. The van der Waals surface area contributed by atoms with Crippen LogP contribution in [0.25, 0.3) is 0 Å². The summed E-state index contributed by atoms with van der Waals surface area (Å²) in [4.78, 5) is 13.1. The van der Waals surface area contributed by atoms with E-state index in [4.69, 9.17) is 10.00 Å². The van der Waals surface area contributed by atoms with Crippen molar-refractivity contribution in [3.8, 4) is 11.8 Å². The summed E-state index contributed by atoms with van der Waals surface area (Å²) in [6.07, 6.45) is 0. The van der Waals surface area contributed by atoms with Crippen molar-refractivity contribution in [3.63, 3.8) is 0 Å². The molecule has 0 aromatic heterocycles. The molecule has 0 heterocycles. The fourth-order valence-electron chi connectivity index (χ4n) is 1.91. The topological polar surface area (TPSA) is 62.1 Å². The molecule has 0 bridgehead atoms. The van der Waals surface area contributed by atoms with Crippen molar-refractivity contribution in [1.82, 2.24) is 0 Å². The maximum absolute atomic E-state index is 12.3. The lowest BCUT2D eigenvalue weighted by molar-refractivity contribution is 0.102. The Balaban J connectivity index is 2.32. The van der Waals surface area contributed by atoms with Crippen LogP contribution < -0.4 is 10.1 Å². The summed E-state index contributed by atoms with van der Waals surface area (Å²) >= 11 is 4.25. The summed E-state index contributed by atoms with van der Waals surface area (Å²) in [5.41, 5.74) is 2.40. The van der Waals surface area contributed by atoms with E-state index in [2.05, 4.69) is 17.9 Å². The molecular weight excluding hydrogens is 284 g/mol. The van der Waals surface area contributed by atoms with E-state index in [1.165, 1.54) is 7.11 Å². The van der Waals surface area contributed by atoms with E-state index < -0.39 is 0 Å². The van der Waals surface area contributed by atoms with Crippen molar-refractivity contribution < 1.29 is 9.53 Å². The Hall–Kier alpha value is -2.45. The number of carbonyl (C=O) groups excluding carboxylic acids is 1. The third-order valence-electron chi connectivity index (χ3n) is 3.04. The molecule has 4 nitrogen and oxygen atoms in total. The molecule has 0 saturated carbocycles. The van der Waals surface area contributed by atoms with Crippen LogP contribution in [0.4, 0.5) is 5.69 Å². The maximum atomic E-state index is 12.3. The molecule has 0 aliphatic heterocycles. The Labute approximate surface area is 128 Å². The number of thiol groups is 1. The molecule has 1 amide bonds. The zero-order chi connectivity index (χ0) is 15.4. The van der Waals surface area contributed by atoms with Crippen LogP contribution in [0.15, 0.2) is 41.3 Å². The van der Waals surface area contributed by atoms with Gasteiger partial charge in [-0.3, -0.25) is 4.79 Å². The number of nitriles is 1. The SMILES string of the molecule is COc1cc(C#N)ccc1NC(=O)c1cc(S)ccc1C. The molecule has 1 N–H and O–H groups in total. The molecule has 0 aliphatic carbocycles. The van der Waals surface area contributed by atoms with Gasteiger partial charge in [-0.2, -0.15) is 5.26 Å². The first-order valence-electron chi connectivity index (χ1n) is 6.24. The number of nitrogens with one attached hydrogen (secondary N) is 1. The lowest BCUT2D eigenvalue weighted by Gasteiger charge is -2.12. The molecule has 0 atom stereocenters. The van der Waals surface area contributed by atoms with E-state index in [-0.39, 0.29) is 5.91 Å². The van der Waals surface area contributed by atoms with Gasteiger partial charge >= 0.3 is 0 Å². The first kappa shape index (κ1) is 14.9. The largest absolute Gasteiger partial charge is 0.495 e. The number of aryl methyl sites for hydroxylation is 1. The average molecular weight is 298 g/mol. The highest BCUT2D eigenvalue weighted by Crippen LogP contribution is 2.26. The lowest BCUT2D eigenvalue weighted by Crippen LogP contribution is -2.14. The van der Waals surface area contributed by atoms with Gasteiger partial charge in [0, 0.05) is 16.5 Å². The van der Waals surface area contributed by atoms with Gasteiger partial charge in [0.05, 0.1) is 24.4 Å². The first-order chi connectivity index (χ1) is 10.0. The van der Waals surface area contributed by atoms with Gasteiger partial charge in [0.25, 0.3) is 5.91 Å². The zero-order valence-electron chi connectivity index (χ0n) is 11.7. The third kappa shape index (κ3) is 3.36. The van der Waals surface area contributed by atoms with Crippen molar-refractivity contribution in [3.05, 3.63) is 53.1 Å². The Morgan fingerprint density at radius 3 is 2.71 bits per heavy atom. The predicted octanol–water partition coefficient (Wildman–Crippen LogP) is 3.42. The average Bonchev–Trinajstić information content (AvgIpc) is 2.49. The summed E-state index contributed by atoms with van der Waals surface area (Å²) in [6, 6.07) is 12.3. The minimum Gasteiger partial charge on any atom is -0.495 e. The fraction of sp³-hybridized carbons (Fsp3) is 0.125. The number of carbonyl (C=O) groups is 1. The van der Waals surface area contributed by atoms with Gasteiger partial charge < -0.3 is 10.1 Å². The van der Waals surface area contributed by atoms with Crippen LogP contribution in [-0.2, 0) is 0 Å². The van der Waals surface area contributed by atoms with Gasteiger partial charge in [-0.1, -0.05) is 6.07 Å². The molecule has 21 heavy (non-hydrogen) atoms. The third-order valence-corrected chi connectivity index (χ3v) is 3.32. The Bertz CT molecular complexity index is 736. The van der Waals surface area contributed by atoms with Crippen LogP contribution in [0.2, 0.25) is 0 Å². The van der Waals surface area contributed by atoms with E-state index in [1.807, 2.05) is 25.1 Å². The number of hydrogen-bond donors (Lipinski definition) is 2. The molecule has 0 fully saturated rings. The number of hydrogen-bond acceptors (Lipinski definition) is 4. The summed E-state index contributed by atoms with van der Waals surface area (Å²) in [6.45, 7) is 1.86. The monoisotopic (exact) mass is 298 g/mol. The van der Waals surface area contributed by atoms with Crippen molar-refractivity contribution in [2.75, 3.05) is 12.4 Å². The summed E-state index contributed by atoms with van der Waals surface area (Å²) in [5, 5.41) is 11.7. The molecule has 0 spiro atoms. The molecule has 0 unspecified atom stereocenters. The molecule has 0 aliphatic rings. The predicted molar refractivity (Wildman–Crippen MR) is 84.1 cm³/mol. The standard InChI is InChI=1S/C16H14N2O2S/c1-10-3-5-12(21)8-13(10)16(19)18-14-6-4-11(9-17)7-15(14)20-2/h3-8,21H,1-2H3,(H,18,19). The maximum Gasteiger partial charge on any atom is 0.256 e. The highest BCUT2D eigenvalue weighted by Gasteiger charge is 2.12. The molecule has 2 aromatic carbocycles.